The second-order valence-corrected chi connectivity index (χ2v) is 3.58. The van der Waals surface area contributed by atoms with Crippen molar-refractivity contribution >= 4 is 27.7 Å². The molecule has 0 spiro atoms. The molecule has 0 aromatic carbocycles. The van der Waals surface area contributed by atoms with Gasteiger partial charge in [-0.2, -0.15) is 8.42 Å². The molecule has 0 aliphatic carbocycles. The summed E-state index contributed by atoms with van der Waals surface area (Å²) in [6, 6.07) is 0. The van der Waals surface area contributed by atoms with Crippen LogP contribution in [0.2, 0.25) is 0 Å². The summed E-state index contributed by atoms with van der Waals surface area (Å²) in [5.41, 5.74) is 0. The molecular formula is C3H7ClN2O3S. The van der Waals surface area contributed by atoms with Gasteiger partial charge in [0.1, 0.15) is 5.38 Å². The summed E-state index contributed by atoms with van der Waals surface area (Å²) in [5, 5.41) is 3.55. The van der Waals surface area contributed by atoms with E-state index in [4.69, 9.17) is 11.6 Å². The molecule has 0 aromatic heterocycles. The van der Waals surface area contributed by atoms with Gasteiger partial charge in [-0.15, -0.1) is 11.6 Å². The zero-order chi connectivity index (χ0) is 8.36. The van der Waals surface area contributed by atoms with E-state index >= 15 is 0 Å². The van der Waals surface area contributed by atoms with Gasteiger partial charge < -0.3 is 0 Å². The van der Waals surface area contributed by atoms with Crippen LogP contribution in [0.4, 0.5) is 0 Å². The third-order valence-electron chi connectivity index (χ3n) is 0.604. The average Bonchev–Trinajstić information content (AvgIpc) is 1.60. The molecule has 1 amide bonds. The number of alkyl halides is 1. The number of halogens is 1. The molecule has 0 heterocycles. The van der Waals surface area contributed by atoms with Crippen molar-refractivity contribution in [2.24, 2.45) is 5.14 Å². The van der Waals surface area contributed by atoms with Crippen molar-refractivity contribution in [2.75, 3.05) is 0 Å². The fraction of sp³-hybridized carbons (Fsp3) is 0.667. The summed E-state index contributed by atoms with van der Waals surface area (Å²) in [5.74, 6) is -0.829. The first-order chi connectivity index (χ1) is 4.33. The van der Waals surface area contributed by atoms with Crippen molar-refractivity contribution in [3.05, 3.63) is 0 Å². The second kappa shape index (κ2) is 3.18. The van der Waals surface area contributed by atoms with Crippen LogP contribution in [0, 0.1) is 0 Å². The summed E-state index contributed by atoms with van der Waals surface area (Å²) in [6.07, 6.45) is 0. The minimum atomic E-state index is -3.95. The molecule has 60 valence electrons. The lowest BCUT2D eigenvalue weighted by atomic mass is 10.5. The Morgan fingerprint density at radius 2 is 2.10 bits per heavy atom. The van der Waals surface area contributed by atoms with E-state index in [2.05, 4.69) is 5.14 Å². The number of rotatable bonds is 2. The molecule has 0 aliphatic heterocycles. The van der Waals surface area contributed by atoms with Gasteiger partial charge in [-0.25, -0.2) is 9.86 Å². The van der Waals surface area contributed by atoms with Crippen LogP contribution in [0.3, 0.4) is 0 Å². The first kappa shape index (κ1) is 9.67. The van der Waals surface area contributed by atoms with E-state index in [1.54, 1.807) is 0 Å². The molecule has 0 rings (SSSR count). The quantitative estimate of drug-likeness (QED) is 0.539. The third-order valence-corrected chi connectivity index (χ3v) is 1.29. The van der Waals surface area contributed by atoms with Crippen LogP contribution in [0.15, 0.2) is 0 Å². The van der Waals surface area contributed by atoms with Crippen molar-refractivity contribution < 1.29 is 13.2 Å². The molecule has 0 fully saturated rings. The van der Waals surface area contributed by atoms with Crippen LogP contribution >= 0.6 is 11.6 Å². The van der Waals surface area contributed by atoms with Crippen molar-refractivity contribution in [1.82, 2.24) is 4.72 Å². The van der Waals surface area contributed by atoms with Crippen molar-refractivity contribution in [1.29, 1.82) is 0 Å². The minimum Gasteiger partial charge on any atom is -0.272 e. The summed E-state index contributed by atoms with van der Waals surface area (Å²) in [7, 11) is -3.95. The standard InChI is InChI=1S/C3H7ClN2O3S/c1-2(4)3(7)6-10(5,8)9/h2H,1H3,(H,6,7)(H2,5,8,9). The highest BCUT2D eigenvalue weighted by Gasteiger charge is 2.13. The lowest BCUT2D eigenvalue weighted by Crippen LogP contribution is -2.39. The summed E-state index contributed by atoms with van der Waals surface area (Å²) >= 11 is 5.20. The normalized spacial score (nSPS) is 14.3. The van der Waals surface area contributed by atoms with E-state index < -0.39 is 21.5 Å². The molecule has 0 radical (unpaired) electrons. The van der Waals surface area contributed by atoms with Gasteiger partial charge >= 0.3 is 0 Å². The molecule has 1 atom stereocenters. The van der Waals surface area contributed by atoms with E-state index in [0.717, 1.165) is 0 Å². The highest BCUT2D eigenvalue weighted by atomic mass is 35.5. The van der Waals surface area contributed by atoms with Gasteiger partial charge in [0, 0.05) is 0 Å². The topological polar surface area (TPSA) is 89.3 Å². The SMILES string of the molecule is CC(Cl)C(=O)NS(N)(=O)=O. The predicted molar refractivity (Wildman–Crippen MR) is 36.6 cm³/mol. The lowest BCUT2D eigenvalue weighted by Gasteiger charge is -2.01. The Balaban J connectivity index is 4.07. The molecule has 1 unspecified atom stereocenters. The maximum absolute atomic E-state index is 10.5. The van der Waals surface area contributed by atoms with E-state index in [0.29, 0.717) is 0 Å². The van der Waals surface area contributed by atoms with Crippen LogP contribution in [0.5, 0.6) is 0 Å². The van der Waals surface area contributed by atoms with Crippen LogP contribution in [0.25, 0.3) is 0 Å². The Kier molecular flexibility index (Phi) is 3.07. The van der Waals surface area contributed by atoms with Crippen molar-refractivity contribution in [3.63, 3.8) is 0 Å². The molecule has 0 saturated carbocycles. The fourth-order valence-corrected chi connectivity index (χ4v) is 0.798. The molecular weight excluding hydrogens is 180 g/mol. The van der Waals surface area contributed by atoms with Crippen LogP contribution < -0.4 is 9.86 Å². The van der Waals surface area contributed by atoms with Gasteiger partial charge in [-0.05, 0) is 6.92 Å². The molecule has 0 aromatic rings. The maximum Gasteiger partial charge on any atom is 0.298 e. The van der Waals surface area contributed by atoms with Gasteiger partial charge in [0.15, 0.2) is 0 Å². The van der Waals surface area contributed by atoms with E-state index in [9.17, 15) is 13.2 Å². The molecule has 0 aliphatic rings. The van der Waals surface area contributed by atoms with E-state index in [1.807, 2.05) is 0 Å². The maximum atomic E-state index is 10.5. The number of carbonyl (C=O) groups excluding carboxylic acids is 1. The monoisotopic (exact) mass is 186 g/mol. The molecule has 10 heavy (non-hydrogen) atoms. The molecule has 0 bridgehead atoms. The van der Waals surface area contributed by atoms with Gasteiger partial charge in [0.25, 0.3) is 16.1 Å². The zero-order valence-electron chi connectivity index (χ0n) is 5.17. The van der Waals surface area contributed by atoms with Gasteiger partial charge in [-0.3, -0.25) is 4.79 Å². The van der Waals surface area contributed by atoms with Crippen LogP contribution in [-0.4, -0.2) is 19.7 Å². The first-order valence-electron chi connectivity index (χ1n) is 2.31. The minimum absolute atomic E-state index is 0.829. The summed E-state index contributed by atoms with van der Waals surface area (Å²) < 4.78 is 21.8. The lowest BCUT2D eigenvalue weighted by molar-refractivity contribution is -0.118. The summed E-state index contributed by atoms with van der Waals surface area (Å²) in [4.78, 5) is 10.5. The van der Waals surface area contributed by atoms with E-state index in [-0.39, 0.29) is 0 Å². The number of hydrogen-bond acceptors (Lipinski definition) is 3. The first-order valence-corrected chi connectivity index (χ1v) is 4.29. The highest BCUT2D eigenvalue weighted by molar-refractivity contribution is 7.87. The Morgan fingerprint density at radius 1 is 1.70 bits per heavy atom. The molecule has 3 N–H and O–H groups in total. The van der Waals surface area contributed by atoms with Crippen molar-refractivity contribution in [2.45, 2.75) is 12.3 Å². The number of nitrogens with two attached hydrogens (primary N) is 1. The average molecular weight is 187 g/mol. The Labute approximate surface area is 63.7 Å². The Morgan fingerprint density at radius 3 is 2.20 bits per heavy atom. The van der Waals surface area contributed by atoms with Gasteiger partial charge in [-0.1, -0.05) is 0 Å². The van der Waals surface area contributed by atoms with Crippen molar-refractivity contribution in [3.8, 4) is 0 Å². The van der Waals surface area contributed by atoms with E-state index in [1.165, 1.54) is 11.6 Å². The third kappa shape index (κ3) is 4.54. The zero-order valence-corrected chi connectivity index (χ0v) is 6.74. The number of amides is 1. The number of hydrogen-bond donors (Lipinski definition) is 2. The Bertz CT molecular complexity index is 222. The van der Waals surface area contributed by atoms with Crippen LogP contribution in [-0.2, 0) is 15.0 Å². The number of nitrogens with one attached hydrogen (secondary N) is 1. The Hall–Kier alpha value is -0.330. The smallest absolute Gasteiger partial charge is 0.272 e. The fourth-order valence-electron chi connectivity index (χ4n) is 0.221. The molecule has 0 saturated heterocycles. The van der Waals surface area contributed by atoms with Gasteiger partial charge in [0.05, 0.1) is 0 Å². The van der Waals surface area contributed by atoms with Gasteiger partial charge in [0.2, 0.25) is 0 Å². The summed E-state index contributed by atoms with van der Waals surface area (Å²) in [6.45, 7) is 1.34. The molecule has 7 heteroatoms. The largest absolute Gasteiger partial charge is 0.298 e. The predicted octanol–water partition coefficient (Wildman–Crippen LogP) is -1.07. The van der Waals surface area contributed by atoms with Crippen LogP contribution in [0.1, 0.15) is 6.92 Å². The highest BCUT2D eigenvalue weighted by Crippen LogP contribution is 1.91. The number of carbonyl (C=O) groups is 1. The molecule has 5 nitrogen and oxygen atoms in total. The second-order valence-electron chi connectivity index (χ2n) is 1.63.